The van der Waals surface area contributed by atoms with Crippen molar-refractivity contribution in [2.75, 3.05) is 5.32 Å². The molecule has 29 heavy (non-hydrogen) atoms. The number of rotatable bonds is 3. The van der Waals surface area contributed by atoms with Gasteiger partial charge in [0.15, 0.2) is 0 Å². The van der Waals surface area contributed by atoms with E-state index in [-0.39, 0.29) is 11.9 Å². The van der Waals surface area contributed by atoms with Crippen LogP contribution in [0, 0.1) is 0 Å². The number of hydrogen-bond donors (Lipinski definition) is 2. The van der Waals surface area contributed by atoms with Crippen LogP contribution in [0.1, 0.15) is 22.7 Å². The minimum Gasteiger partial charge on any atom is -0.361 e. The third kappa shape index (κ3) is 3.32. The van der Waals surface area contributed by atoms with E-state index in [0.29, 0.717) is 17.2 Å². The van der Waals surface area contributed by atoms with Gasteiger partial charge in [-0.15, -0.1) is 0 Å². The number of aromatic nitrogens is 1. The summed E-state index contributed by atoms with van der Waals surface area (Å²) in [5.41, 5.74) is 5.24. The minimum atomic E-state index is -0.302. The third-order valence-corrected chi connectivity index (χ3v) is 5.49. The molecule has 1 amide bonds. The Bertz CT molecular complexity index is 1240. The number of carbonyl (C=O) groups excluding carboxylic acids is 1. The van der Waals surface area contributed by atoms with E-state index in [1.165, 1.54) is 0 Å². The number of aliphatic imine (C=N–C) groups is 1. The molecule has 1 atom stereocenters. The Morgan fingerprint density at radius 2 is 1.76 bits per heavy atom. The van der Waals surface area contributed by atoms with Crippen molar-refractivity contribution in [2.24, 2.45) is 4.99 Å². The summed E-state index contributed by atoms with van der Waals surface area (Å²) in [6.07, 6.45) is 2.40. The van der Waals surface area contributed by atoms with Crippen molar-refractivity contribution in [1.29, 1.82) is 0 Å². The fourth-order valence-corrected chi connectivity index (χ4v) is 4.01. The lowest BCUT2D eigenvalue weighted by Gasteiger charge is -2.15. The van der Waals surface area contributed by atoms with Crippen molar-refractivity contribution in [3.63, 3.8) is 0 Å². The van der Waals surface area contributed by atoms with Crippen LogP contribution in [0.15, 0.2) is 84.0 Å². The fourth-order valence-electron chi connectivity index (χ4n) is 3.83. The highest BCUT2D eigenvalue weighted by Gasteiger charge is 2.26. The molecule has 1 aromatic heterocycles. The maximum absolute atomic E-state index is 13.0. The van der Waals surface area contributed by atoms with E-state index in [0.717, 1.165) is 33.3 Å². The average Bonchev–Trinajstić information content (AvgIpc) is 3.10. The second kappa shape index (κ2) is 7.22. The topological polar surface area (TPSA) is 57.2 Å². The molecule has 3 aromatic carbocycles. The molecule has 5 heteroatoms. The van der Waals surface area contributed by atoms with Crippen LogP contribution in [0.5, 0.6) is 0 Å². The summed E-state index contributed by atoms with van der Waals surface area (Å²) in [5, 5.41) is 4.74. The molecular weight excluding hydrogens is 382 g/mol. The quantitative estimate of drug-likeness (QED) is 0.466. The van der Waals surface area contributed by atoms with E-state index in [2.05, 4.69) is 16.4 Å². The first kappa shape index (κ1) is 17.7. The zero-order chi connectivity index (χ0) is 19.8. The van der Waals surface area contributed by atoms with Crippen molar-refractivity contribution in [3.05, 3.63) is 101 Å². The number of H-pyrrole nitrogens is 1. The maximum atomic E-state index is 13.0. The minimum absolute atomic E-state index is 0.183. The van der Waals surface area contributed by atoms with E-state index >= 15 is 0 Å². The van der Waals surface area contributed by atoms with Crippen LogP contribution in [0.4, 0.5) is 5.69 Å². The number of anilines is 1. The van der Waals surface area contributed by atoms with E-state index in [1.807, 2.05) is 66.9 Å². The van der Waals surface area contributed by atoms with Crippen LogP contribution in [-0.2, 0) is 11.2 Å². The first-order valence-electron chi connectivity index (χ1n) is 9.46. The first-order valence-corrected chi connectivity index (χ1v) is 9.84. The standard InChI is InChI=1S/C24H18ClN3O/c25-17-10-11-21-19(13-17)23(15-6-2-1-3-7-15)27-22(24(29)28-21)12-16-14-26-20-9-5-4-8-18(16)20/h1-11,13-14,23,26H,12H2,(H,28,29). The average molecular weight is 400 g/mol. The highest BCUT2D eigenvalue weighted by Crippen LogP contribution is 2.36. The van der Waals surface area contributed by atoms with Gasteiger partial charge in [0.2, 0.25) is 0 Å². The third-order valence-electron chi connectivity index (χ3n) is 5.25. The second-order valence-corrected chi connectivity index (χ2v) is 7.55. The summed E-state index contributed by atoms with van der Waals surface area (Å²) in [6.45, 7) is 0. The number of fused-ring (bicyclic) bond motifs is 2. The molecule has 4 aromatic rings. The van der Waals surface area contributed by atoms with Crippen LogP contribution in [0.2, 0.25) is 5.02 Å². The SMILES string of the molecule is O=C1Nc2ccc(Cl)cc2C(c2ccccc2)N=C1Cc1c[nH]c2ccccc12. The molecule has 0 saturated carbocycles. The van der Waals surface area contributed by atoms with Gasteiger partial charge in [-0.3, -0.25) is 9.79 Å². The van der Waals surface area contributed by atoms with E-state index in [4.69, 9.17) is 16.6 Å². The van der Waals surface area contributed by atoms with Crippen LogP contribution < -0.4 is 5.32 Å². The number of halogens is 1. The van der Waals surface area contributed by atoms with Crippen molar-refractivity contribution in [1.82, 2.24) is 4.98 Å². The number of nitrogens with one attached hydrogen (secondary N) is 2. The first-order chi connectivity index (χ1) is 14.2. The highest BCUT2D eigenvalue weighted by molar-refractivity contribution is 6.44. The van der Waals surface area contributed by atoms with Gasteiger partial charge in [-0.25, -0.2) is 0 Å². The predicted octanol–water partition coefficient (Wildman–Crippen LogP) is 5.55. The number of aromatic amines is 1. The zero-order valence-electron chi connectivity index (χ0n) is 15.5. The normalized spacial score (nSPS) is 16.1. The molecule has 2 N–H and O–H groups in total. The number of carbonyl (C=O) groups is 1. The summed E-state index contributed by atoms with van der Waals surface area (Å²) >= 11 is 6.27. The summed E-state index contributed by atoms with van der Waals surface area (Å²) in [6, 6.07) is 23.3. The van der Waals surface area contributed by atoms with Gasteiger partial charge in [-0.1, -0.05) is 60.1 Å². The number of benzene rings is 3. The Morgan fingerprint density at radius 1 is 0.966 bits per heavy atom. The maximum Gasteiger partial charge on any atom is 0.269 e. The number of hydrogen-bond acceptors (Lipinski definition) is 2. The van der Waals surface area contributed by atoms with Crippen molar-refractivity contribution in [3.8, 4) is 0 Å². The molecular formula is C24H18ClN3O. The van der Waals surface area contributed by atoms with Gasteiger partial charge in [-0.2, -0.15) is 0 Å². The van der Waals surface area contributed by atoms with Crippen LogP contribution in [-0.4, -0.2) is 16.6 Å². The summed E-state index contributed by atoms with van der Waals surface area (Å²) in [4.78, 5) is 21.2. The smallest absolute Gasteiger partial charge is 0.269 e. The van der Waals surface area contributed by atoms with Gasteiger partial charge in [-0.05, 0) is 35.4 Å². The number of amides is 1. The molecule has 1 aliphatic rings. The Morgan fingerprint density at radius 3 is 2.62 bits per heavy atom. The summed E-state index contributed by atoms with van der Waals surface area (Å²) in [5.74, 6) is -0.183. The van der Waals surface area contributed by atoms with Gasteiger partial charge in [0.05, 0.1) is 0 Å². The molecule has 0 fully saturated rings. The molecule has 0 saturated heterocycles. The number of para-hydroxylation sites is 1. The van der Waals surface area contributed by atoms with E-state index in [9.17, 15) is 4.79 Å². The van der Waals surface area contributed by atoms with Gasteiger partial charge in [0, 0.05) is 39.8 Å². The largest absolute Gasteiger partial charge is 0.361 e. The fraction of sp³-hybridized carbons (Fsp3) is 0.0833. The van der Waals surface area contributed by atoms with Crippen molar-refractivity contribution < 1.29 is 4.79 Å². The lowest BCUT2D eigenvalue weighted by molar-refractivity contribution is -0.110. The molecule has 0 spiro atoms. The van der Waals surface area contributed by atoms with Gasteiger partial charge < -0.3 is 10.3 Å². The molecule has 0 aliphatic carbocycles. The molecule has 2 heterocycles. The monoisotopic (exact) mass is 399 g/mol. The predicted molar refractivity (Wildman–Crippen MR) is 118 cm³/mol. The highest BCUT2D eigenvalue weighted by atomic mass is 35.5. The molecule has 4 nitrogen and oxygen atoms in total. The van der Waals surface area contributed by atoms with Crippen LogP contribution in [0.3, 0.4) is 0 Å². The van der Waals surface area contributed by atoms with Crippen LogP contribution >= 0.6 is 11.6 Å². The number of nitrogens with zero attached hydrogens (tertiary/aromatic N) is 1. The molecule has 0 bridgehead atoms. The lowest BCUT2D eigenvalue weighted by atomic mass is 9.97. The molecule has 5 rings (SSSR count). The van der Waals surface area contributed by atoms with Crippen LogP contribution in [0.25, 0.3) is 10.9 Å². The zero-order valence-corrected chi connectivity index (χ0v) is 16.3. The Labute approximate surface area is 173 Å². The molecule has 1 aliphatic heterocycles. The van der Waals surface area contributed by atoms with Gasteiger partial charge in [0.25, 0.3) is 5.91 Å². The molecule has 0 radical (unpaired) electrons. The second-order valence-electron chi connectivity index (χ2n) is 7.11. The van der Waals surface area contributed by atoms with Crippen molar-refractivity contribution in [2.45, 2.75) is 12.5 Å². The van der Waals surface area contributed by atoms with Gasteiger partial charge >= 0.3 is 0 Å². The Kier molecular flexibility index (Phi) is 4.41. The Hall–Kier alpha value is -3.37. The molecule has 1 unspecified atom stereocenters. The molecule has 142 valence electrons. The van der Waals surface area contributed by atoms with E-state index in [1.54, 1.807) is 6.07 Å². The lowest BCUT2D eigenvalue weighted by Crippen LogP contribution is -2.23. The summed E-state index contributed by atoms with van der Waals surface area (Å²) in [7, 11) is 0. The van der Waals surface area contributed by atoms with Gasteiger partial charge in [0.1, 0.15) is 11.8 Å². The van der Waals surface area contributed by atoms with Crippen molar-refractivity contribution >= 4 is 39.8 Å². The Balaban J connectivity index is 1.62. The summed E-state index contributed by atoms with van der Waals surface area (Å²) < 4.78 is 0. The van der Waals surface area contributed by atoms with E-state index < -0.39 is 0 Å².